The average molecular weight is 591 g/mol. The Morgan fingerprint density at radius 3 is 2.50 bits per heavy atom. The molecule has 2 saturated carbocycles. The van der Waals surface area contributed by atoms with Crippen molar-refractivity contribution >= 4 is 11.7 Å². The second-order valence-corrected chi connectivity index (χ2v) is 14.0. The second-order valence-electron chi connectivity index (χ2n) is 14.0. The van der Waals surface area contributed by atoms with Gasteiger partial charge in [0.05, 0.1) is 11.7 Å². The first-order valence-corrected chi connectivity index (χ1v) is 16.6. The zero-order valence-corrected chi connectivity index (χ0v) is 25.8. The highest BCUT2D eigenvalue weighted by Crippen LogP contribution is 2.62. The van der Waals surface area contributed by atoms with E-state index in [-0.39, 0.29) is 23.2 Å². The van der Waals surface area contributed by atoms with Gasteiger partial charge in [-0.05, 0) is 111 Å². The molecular formula is C38H42N2O4. The molecule has 228 valence electrons. The maximum Gasteiger partial charge on any atom is 0.255 e. The van der Waals surface area contributed by atoms with Gasteiger partial charge in [-0.15, -0.1) is 0 Å². The van der Waals surface area contributed by atoms with Crippen LogP contribution in [0.2, 0.25) is 0 Å². The zero-order chi connectivity index (χ0) is 30.0. The SMILES string of the molecule is CC(C)Oc1ccc(-c2ccc(CCNC(=O)c3ccc4c5c3OC3C(=O)CC[C@H]6[C@@H](C4)N(CC4CC4)CC[C@]536)cc2)cc1. The van der Waals surface area contributed by atoms with E-state index in [0.29, 0.717) is 36.2 Å². The van der Waals surface area contributed by atoms with Crippen molar-refractivity contribution in [3.8, 4) is 22.6 Å². The highest BCUT2D eigenvalue weighted by Gasteiger charge is 2.66. The fourth-order valence-electron chi connectivity index (χ4n) is 8.74. The topological polar surface area (TPSA) is 67.9 Å². The minimum atomic E-state index is -0.438. The van der Waals surface area contributed by atoms with Crippen LogP contribution in [0.15, 0.2) is 60.7 Å². The van der Waals surface area contributed by atoms with Crippen molar-refractivity contribution in [2.45, 2.75) is 82.5 Å². The van der Waals surface area contributed by atoms with Gasteiger partial charge in [0, 0.05) is 36.5 Å². The summed E-state index contributed by atoms with van der Waals surface area (Å²) in [5.41, 5.74) is 6.26. The van der Waals surface area contributed by atoms with Gasteiger partial charge < -0.3 is 14.8 Å². The summed E-state index contributed by atoms with van der Waals surface area (Å²) in [6.07, 6.45) is 6.65. The Kier molecular flexibility index (Phi) is 6.82. The number of nitrogens with one attached hydrogen (secondary N) is 1. The summed E-state index contributed by atoms with van der Waals surface area (Å²) in [7, 11) is 0. The fraction of sp³-hybridized carbons (Fsp3) is 0.474. The quantitative estimate of drug-likeness (QED) is 0.325. The Hall–Kier alpha value is -3.64. The lowest BCUT2D eigenvalue weighted by atomic mass is 9.51. The number of amides is 1. The molecule has 3 aromatic carbocycles. The molecule has 44 heavy (non-hydrogen) atoms. The number of carbonyl (C=O) groups is 2. The normalized spacial score (nSPS) is 26.7. The summed E-state index contributed by atoms with van der Waals surface area (Å²) in [5.74, 6) is 2.95. The lowest BCUT2D eigenvalue weighted by Gasteiger charge is -2.57. The van der Waals surface area contributed by atoms with Gasteiger partial charge in [-0.2, -0.15) is 0 Å². The van der Waals surface area contributed by atoms with Gasteiger partial charge in [0.15, 0.2) is 11.9 Å². The first-order chi connectivity index (χ1) is 21.4. The van der Waals surface area contributed by atoms with Gasteiger partial charge in [-0.25, -0.2) is 0 Å². The number of likely N-dealkylation sites (tertiary alicyclic amines) is 1. The Labute approximate surface area is 260 Å². The predicted octanol–water partition coefficient (Wildman–Crippen LogP) is 6.13. The molecule has 2 bridgehead atoms. The third-order valence-corrected chi connectivity index (χ3v) is 10.9. The second kappa shape index (κ2) is 10.8. The van der Waals surface area contributed by atoms with Crippen molar-refractivity contribution in [1.82, 2.24) is 10.2 Å². The molecule has 4 atom stereocenters. The van der Waals surface area contributed by atoms with Crippen LogP contribution < -0.4 is 14.8 Å². The van der Waals surface area contributed by atoms with Crippen LogP contribution in [0.1, 0.15) is 73.0 Å². The number of ether oxygens (including phenoxy) is 2. The van der Waals surface area contributed by atoms with E-state index in [4.69, 9.17) is 9.47 Å². The molecule has 8 rings (SSSR count). The van der Waals surface area contributed by atoms with Crippen molar-refractivity contribution in [3.63, 3.8) is 0 Å². The third-order valence-electron chi connectivity index (χ3n) is 10.9. The van der Waals surface area contributed by atoms with Crippen LogP contribution in [0.4, 0.5) is 0 Å². The largest absolute Gasteiger partial charge is 0.491 e. The average Bonchev–Trinajstić information content (AvgIpc) is 3.77. The molecule has 0 aromatic heterocycles. The summed E-state index contributed by atoms with van der Waals surface area (Å²) in [5, 5.41) is 3.15. The van der Waals surface area contributed by atoms with Gasteiger partial charge in [-0.3, -0.25) is 14.5 Å². The van der Waals surface area contributed by atoms with Crippen molar-refractivity contribution in [1.29, 1.82) is 0 Å². The highest BCUT2D eigenvalue weighted by molar-refractivity contribution is 5.99. The lowest BCUT2D eigenvalue weighted by molar-refractivity contribution is -0.138. The summed E-state index contributed by atoms with van der Waals surface area (Å²) >= 11 is 0. The predicted molar refractivity (Wildman–Crippen MR) is 170 cm³/mol. The Bertz CT molecular complexity index is 1590. The number of rotatable bonds is 9. The molecule has 6 nitrogen and oxygen atoms in total. The van der Waals surface area contributed by atoms with E-state index in [1.54, 1.807) is 0 Å². The van der Waals surface area contributed by atoms with E-state index >= 15 is 0 Å². The molecule has 1 saturated heterocycles. The molecule has 1 unspecified atom stereocenters. The van der Waals surface area contributed by atoms with Crippen LogP contribution in [0.5, 0.6) is 11.5 Å². The molecule has 1 spiro atoms. The zero-order valence-electron chi connectivity index (χ0n) is 25.8. The van der Waals surface area contributed by atoms with Gasteiger partial charge in [0.25, 0.3) is 5.91 Å². The van der Waals surface area contributed by atoms with Gasteiger partial charge in [-0.1, -0.05) is 42.5 Å². The standard InChI is InChI=1S/C38H42N2O4/c1-23(2)43-29-12-9-27(10-13-29)26-7-5-24(6-8-26)17-19-39-37(42)30-14-11-28-21-32-31-15-16-33(41)36-38(31,34(28)35(30)44-36)18-20-40(32)22-25-3-4-25/h5-14,23,25,31-32,36H,3-4,15-22H2,1-2H3,(H,39,42)/t31-,32+,36?,38-/m0/s1. The van der Waals surface area contributed by atoms with Crippen LogP contribution in [-0.2, 0) is 23.1 Å². The van der Waals surface area contributed by atoms with E-state index in [1.807, 2.05) is 32.0 Å². The molecule has 2 heterocycles. The number of hydrogen-bond donors (Lipinski definition) is 1. The van der Waals surface area contributed by atoms with E-state index < -0.39 is 6.10 Å². The number of Topliss-reactive ketones (excluding diaryl/α,β-unsaturated/α-hetero) is 1. The number of nitrogens with zero attached hydrogens (tertiary/aromatic N) is 1. The minimum absolute atomic E-state index is 0.115. The van der Waals surface area contributed by atoms with Crippen LogP contribution in [0.25, 0.3) is 11.1 Å². The number of carbonyl (C=O) groups excluding carboxylic acids is 2. The first kappa shape index (κ1) is 27.9. The Morgan fingerprint density at radius 2 is 1.77 bits per heavy atom. The van der Waals surface area contributed by atoms with E-state index in [1.165, 1.54) is 36.1 Å². The smallest absolute Gasteiger partial charge is 0.255 e. The summed E-state index contributed by atoms with van der Waals surface area (Å²) < 4.78 is 12.3. The molecule has 1 amide bonds. The van der Waals surface area contributed by atoms with Crippen molar-refractivity contribution in [2.24, 2.45) is 11.8 Å². The van der Waals surface area contributed by atoms with E-state index in [0.717, 1.165) is 55.0 Å². The van der Waals surface area contributed by atoms with Crippen LogP contribution in [0.3, 0.4) is 0 Å². The van der Waals surface area contributed by atoms with Crippen LogP contribution in [0, 0.1) is 11.8 Å². The third kappa shape index (κ3) is 4.65. The lowest BCUT2D eigenvalue weighted by Crippen LogP contribution is -2.66. The highest BCUT2D eigenvalue weighted by atomic mass is 16.5. The summed E-state index contributed by atoms with van der Waals surface area (Å²) in [6.45, 7) is 6.81. The minimum Gasteiger partial charge on any atom is -0.491 e. The monoisotopic (exact) mass is 590 g/mol. The summed E-state index contributed by atoms with van der Waals surface area (Å²) in [4.78, 5) is 29.6. The van der Waals surface area contributed by atoms with Crippen molar-refractivity contribution < 1.29 is 19.1 Å². The van der Waals surface area contributed by atoms with Crippen molar-refractivity contribution in [2.75, 3.05) is 19.6 Å². The maximum absolute atomic E-state index is 13.6. The molecule has 3 aliphatic carbocycles. The van der Waals surface area contributed by atoms with E-state index in [9.17, 15) is 9.59 Å². The Morgan fingerprint density at radius 1 is 1.02 bits per heavy atom. The Balaban J connectivity index is 0.966. The molecule has 2 aliphatic heterocycles. The molecule has 0 radical (unpaired) electrons. The number of piperidine rings is 1. The summed E-state index contributed by atoms with van der Waals surface area (Å²) in [6, 6.07) is 21.3. The number of benzene rings is 3. The molecule has 6 heteroatoms. The first-order valence-electron chi connectivity index (χ1n) is 16.6. The number of hydrogen-bond acceptors (Lipinski definition) is 5. The van der Waals surface area contributed by atoms with Crippen LogP contribution in [-0.4, -0.2) is 54.5 Å². The molecule has 3 fully saturated rings. The fourth-order valence-corrected chi connectivity index (χ4v) is 8.74. The number of ketones is 1. The van der Waals surface area contributed by atoms with Gasteiger partial charge in [0.1, 0.15) is 11.5 Å². The molecule has 1 N–H and O–H groups in total. The maximum atomic E-state index is 13.6. The van der Waals surface area contributed by atoms with Gasteiger partial charge >= 0.3 is 0 Å². The molecular weight excluding hydrogens is 548 g/mol. The molecule has 3 aromatic rings. The van der Waals surface area contributed by atoms with E-state index in [2.05, 4.69) is 52.7 Å². The molecule has 5 aliphatic rings. The van der Waals surface area contributed by atoms with Gasteiger partial charge in [0.2, 0.25) is 0 Å². The van der Waals surface area contributed by atoms with Crippen molar-refractivity contribution in [3.05, 3.63) is 82.9 Å². The van der Waals surface area contributed by atoms with Crippen LogP contribution >= 0.6 is 0 Å².